The molecule has 4 aromatic carbocycles. The molecule has 1 amide bonds. The summed E-state index contributed by atoms with van der Waals surface area (Å²) in [4.78, 5) is 41.9. The van der Waals surface area contributed by atoms with Gasteiger partial charge in [0.15, 0.2) is 5.78 Å². The van der Waals surface area contributed by atoms with E-state index in [4.69, 9.17) is 9.47 Å². The molecule has 0 spiro atoms. The molecule has 0 aliphatic carbocycles. The second-order valence-electron chi connectivity index (χ2n) is 10.7. The Labute approximate surface area is 279 Å². The van der Waals surface area contributed by atoms with Crippen LogP contribution in [0.5, 0.6) is 5.75 Å². The van der Waals surface area contributed by atoms with E-state index in [1.165, 1.54) is 7.11 Å². The van der Waals surface area contributed by atoms with Crippen LogP contribution in [0.25, 0.3) is 6.08 Å². The standard InChI is InChI=1S/C39H36N2O5S/c1-45-39(44)36(40-35-18-9-8-17-34(35)38(43)30-12-4-2-5-13-30)28-29-19-21-32(22-20-29)46-26-11-25-41(31-14-6-3-7-15-31)37(42)24-23-33-16-10-27-47-33/h2-10,12-24,27,36,40H,11,25-26,28H2,1H3/b24-23+/t36-/m0/s1. The molecule has 0 fully saturated rings. The maximum Gasteiger partial charge on any atom is 0.328 e. The number of amides is 1. The summed E-state index contributed by atoms with van der Waals surface area (Å²) in [7, 11) is 1.35. The minimum absolute atomic E-state index is 0.0882. The van der Waals surface area contributed by atoms with E-state index >= 15 is 0 Å². The third kappa shape index (κ3) is 9.28. The van der Waals surface area contributed by atoms with Crippen molar-refractivity contribution in [3.63, 3.8) is 0 Å². The van der Waals surface area contributed by atoms with Crippen LogP contribution in [0.3, 0.4) is 0 Å². The first-order chi connectivity index (χ1) is 23.0. The van der Waals surface area contributed by atoms with Gasteiger partial charge >= 0.3 is 5.97 Å². The van der Waals surface area contributed by atoms with Crippen LogP contribution >= 0.6 is 11.3 Å². The molecule has 8 heteroatoms. The summed E-state index contributed by atoms with van der Waals surface area (Å²) < 4.78 is 11.1. The van der Waals surface area contributed by atoms with Crippen molar-refractivity contribution in [2.75, 3.05) is 30.5 Å². The normalized spacial score (nSPS) is 11.5. The molecule has 238 valence electrons. The summed E-state index contributed by atoms with van der Waals surface area (Å²) in [5.41, 5.74) is 3.32. The third-order valence-corrected chi connectivity index (χ3v) is 8.29. The number of nitrogens with zero attached hydrogens (tertiary/aromatic N) is 1. The molecule has 0 unspecified atom stereocenters. The van der Waals surface area contributed by atoms with Crippen molar-refractivity contribution in [2.45, 2.75) is 18.9 Å². The van der Waals surface area contributed by atoms with E-state index in [2.05, 4.69) is 5.32 Å². The molecule has 5 rings (SSSR count). The van der Waals surface area contributed by atoms with Crippen molar-refractivity contribution in [2.24, 2.45) is 0 Å². The summed E-state index contributed by atoms with van der Waals surface area (Å²) in [6.07, 6.45) is 4.41. The highest BCUT2D eigenvalue weighted by molar-refractivity contribution is 7.10. The first-order valence-electron chi connectivity index (χ1n) is 15.3. The maximum absolute atomic E-state index is 13.2. The van der Waals surface area contributed by atoms with Crippen molar-refractivity contribution in [3.05, 3.63) is 154 Å². The lowest BCUT2D eigenvalue weighted by molar-refractivity contribution is -0.141. The van der Waals surface area contributed by atoms with Gasteiger partial charge in [-0.25, -0.2) is 4.79 Å². The van der Waals surface area contributed by atoms with Gasteiger partial charge in [0.25, 0.3) is 5.91 Å². The van der Waals surface area contributed by atoms with Gasteiger partial charge in [0.1, 0.15) is 11.8 Å². The zero-order valence-electron chi connectivity index (χ0n) is 26.1. The van der Waals surface area contributed by atoms with Gasteiger partial charge in [0.2, 0.25) is 0 Å². The van der Waals surface area contributed by atoms with Crippen molar-refractivity contribution >= 4 is 46.4 Å². The molecule has 1 atom stereocenters. The molecule has 0 radical (unpaired) electrons. The molecular formula is C39H36N2O5S. The number of thiophene rings is 1. The Morgan fingerprint density at radius 3 is 2.23 bits per heavy atom. The van der Waals surface area contributed by atoms with Crippen LogP contribution in [0.2, 0.25) is 0 Å². The van der Waals surface area contributed by atoms with Gasteiger partial charge in [0, 0.05) is 46.4 Å². The molecule has 0 bridgehead atoms. The van der Waals surface area contributed by atoms with Crippen LogP contribution in [0.15, 0.2) is 133 Å². The molecule has 0 aliphatic rings. The lowest BCUT2D eigenvalue weighted by Crippen LogP contribution is -2.33. The fraction of sp³-hybridized carbons (Fsp3) is 0.154. The molecule has 0 saturated heterocycles. The number of carbonyl (C=O) groups excluding carboxylic acids is 3. The smallest absolute Gasteiger partial charge is 0.328 e. The van der Waals surface area contributed by atoms with Crippen molar-refractivity contribution in [1.29, 1.82) is 0 Å². The first-order valence-corrected chi connectivity index (χ1v) is 16.2. The Balaban J connectivity index is 1.18. The summed E-state index contributed by atoms with van der Waals surface area (Å²) in [5.74, 6) is 0.0278. The van der Waals surface area contributed by atoms with Crippen LogP contribution in [0.4, 0.5) is 11.4 Å². The molecule has 1 aromatic heterocycles. The maximum atomic E-state index is 13.2. The molecule has 47 heavy (non-hydrogen) atoms. The summed E-state index contributed by atoms with van der Waals surface area (Å²) in [6.45, 7) is 0.916. The Morgan fingerprint density at radius 1 is 0.830 bits per heavy atom. The number of anilines is 2. The predicted molar refractivity (Wildman–Crippen MR) is 188 cm³/mol. The van der Waals surface area contributed by atoms with E-state index < -0.39 is 12.0 Å². The van der Waals surface area contributed by atoms with E-state index in [0.717, 1.165) is 16.1 Å². The molecule has 0 saturated carbocycles. The van der Waals surface area contributed by atoms with Gasteiger partial charge in [-0.15, -0.1) is 11.3 Å². The SMILES string of the molecule is COC(=O)[C@H](Cc1ccc(OCCCN(C(=O)/C=C/c2cccs2)c2ccccc2)cc1)Nc1ccccc1C(=O)c1ccccc1. The zero-order valence-corrected chi connectivity index (χ0v) is 26.9. The van der Waals surface area contributed by atoms with E-state index in [0.29, 0.717) is 48.6 Å². The first kappa shape index (κ1) is 32.9. The van der Waals surface area contributed by atoms with Gasteiger partial charge in [-0.3, -0.25) is 9.59 Å². The topological polar surface area (TPSA) is 84.9 Å². The number of rotatable bonds is 15. The average Bonchev–Trinajstić information content (AvgIpc) is 3.65. The fourth-order valence-corrected chi connectivity index (χ4v) is 5.67. The van der Waals surface area contributed by atoms with Gasteiger partial charge in [-0.2, -0.15) is 0 Å². The van der Waals surface area contributed by atoms with E-state index in [-0.39, 0.29) is 11.7 Å². The minimum Gasteiger partial charge on any atom is -0.494 e. The zero-order chi connectivity index (χ0) is 32.8. The number of para-hydroxylation sites is 2. The van der Waals surface area contributed by atoms with Crippen LogP contribution in [0.1, 0.15) is 32.8 Å². The van der Waals surface area contributed by atoms with Crippen LogP contribution in [0, 0.1) is 0 Å². The number of benzene rings is 4. The van der Waals surface area contributed by atoms with E-state index in [9.17, 15) is 14.4 Å². The number of hydrogen-bond donors (Lipinski definition) is 1. The number of methoxy groups -OCH3 is 1. The largest absolute Gasteiger partial charge is 0.494 e. The van der Waals surface area contributed by atoms with Gasteiger partial charge in [-0.1, -0.05) is 78.9 Å². The minimum atomic E-state index is -0.716. The average molecular weight is 645 g/mol. The van der Waals surface area contributed by atoms with E-state index in [1.54, 1.807) is 52.6 Å². The number of hydrogen-bond acceptors (Lipinski definition) is 7. The van der Waals surface area contributed by atoms with Crippen molar-refractivity contribution < 1.29 is 23.9 Å². The van der Waals surface area contributed by atoms with Crippen LogP contribution in [-0.2, 0) is 20.7 Å². The molecule has 0 aliphatic heterocycles. The number of esters is 1. The summed E-state index contributed by atoms with van der Waals surface area (Å²) in [6, 6.07) is 36.5. The number of carbonyl (C=O) groups is 3. The van der Waals surface area contributed by atoms with Gasteiger partial charge in [-0.05, 0) is 65.9 Å². The molecule has 1 N–H and O–H groups in total. The third-order valence-electron chi connectivity index (χ3n) is 7.45. The molecule has 1 heterocycles. The summed E-state index contributed by atoms with van der Waals surface area (Å²) in [5, 5.41) is 5.22. The summed E-state index contributed by atoms with van der Waals surface area (Å²) >= 11 is 1.58. The van der Waals surface area contributed by atoms with Crippen molar-refractivity contribution in [3.8, 4) is 5.75 Å². The van der Waals surface area contributed by atoms with Crippen LogP contribution < -0.4 is 15.0 Å². The molecule has 7 nitrogen and oxygen atoms in total. The molecular weight excluding hydrogens is 609 g/mol. The Morgan fingerprint density at radius 2 is 1.53 bits per heavy atom. The Hall–Kier alpha value is -5.47. The lowest BCUT2D eigenvalue weighted by Gasteiger charge is -2.21. The Bertz CT molecular complexity index is 1770. The van der Waals surface area contributed by atoms with E-state index in [1.807, 2.05) is 102 Å². The lowest BCUT2D eigenvalue weighted by atomic mass is 10.00. The second-order valence-corrected chi connectivity index (χ2v) is 11.7. The predicted octanol–water partition coefficient (Wildman–Crippen LogP) is 7.69. The number of ether oxygens (including phenoxy) is 2. The van der Waals surface area contributed by atoms with Crippen molar-refractivity contribution in [1.82, 2.24) is 0 Å². The van der Waals surface area contributed by atoms with Crippen LogP contribution in [-0.4, -0.2) is 44.0 Å². The quantitative estimate of drug-likeness (QED) is 0.0545. The fourth-order valence-electron chi connectivity index (χ4n) is 5.05. The van der Waals surface area contributed by atoms with Gasteiger partial charge < -0.3 is 19.7 Å². The highest BCUT2D eigenvalue weighted by Crippen LogP contribution is 2.23. The highest BCUT2D eigenvalue weighted by atomic mass is 32.1. The number of nitrogens with one attached hydrogen (secondary N) is 1. The number of ketones is 1. The second kappa shape index (κ2) is 16.7. The highest BCUT2D eigenvalue weighted by Gasteiger charge is 2.23. The Kier molecular flexibility index (Phi) is 11.7. The monoisotopic (exact) mass is 644 g/mol. The van der Waals surface area contributed by atoms with Gasteiger partial charge in [0.05, 0.1) is 13.7 Å². The molecule has 5 aromatic rings.